The van der Waals surface area contributed by atoms with Crippen molar-refractivity contribution < 1.29 is 9.53 Å². The zero-order chi connectivity index (χ0) is 9.94. The van der Waals surface area contributed by atoms with Crippen LogP contribution in [0.5, 0.6) is 0 Å². The zero-order valence-corrected chi connectivity index (χ0v) is 9.23. The summed E-state index contributed by atoms with van der Waals surface area (Å²) in [7, 11) is 0. The number of hydrogen-bond donors (Lipinski definition) is 1. The van der Waals surface area contributed by atoms with Crippen molar-refractivity contribution in [2.75, 3.05) is 30.7 Å². The number of amides is 1. The van der Waals surface area contributed by atoms with E-state index in [1.807, 2.05) is 22.6 Å². The molecule has 0 heterocycles. The summed E-state index contributed by atoms with van der Waals surface area (Å²) in [5.74, 6) is -0.000698. The van der Waals surface area contributed by atoms with Gasteiger partial charge in [0.1, 0.15) is 0 Å². The second-order valence-electron chi connectivity index (χ2n) is 2.05. The number of ether oxygens (including phenoxy) is 1. The number of nitrogens with one attached hydrogen (secondary N) is 1. The molecular formula is C6H11IN4O2. The Morgan fingerprint density at radius 1 is 1.62 bits per heavy atom. The number of halogens is 1. The molecule has 0 saturated carbocycles. The molecule has 0 aromatic heterocycles. The van der Waals surface area contributed by atoms with Crippen molar-refractivity contribution in [2.45, 2.75) is 0 Å². The first-order valence-corrected chi connectivity index (χ1v) is 5.25. The average molecular weight is 298 g/mol. The molecule has 0 bridgehead atoms. The van der Waals surface area contributed by atoms with E-state index in [-0.39, 0.29) is 5.91 Å². The van der Waals surface area contributed by atoms with E-state index in [0.717, 1.165) is 0 Å². The van der Waals surface area contributed by atoms with Gasteiger partial charge in [0.15, 0.2) is 0 Å². The van der Waals surface area contributed by atoms with Gasteiger partial charge in [-0.05, 0) is 5.53 Å². The molecule has 74 valence electrons. The van der Waals surface area contributed by atoms with E-state index in [1.165, 1.54) is 0 Å². The third kappa shape index (κ3) is 9.38. The third-order valence-corrected chi connectivity index (χ3v) is 1.78. The monoisotopic (exact) mass is 298 g/mol. The molecule has 0 saturated heterocycles. The Kier molecular flexibility index (Phi) is 9.17. The van der Waals surface area contributed by atoms with Crippen molar-refractivity contribution in [1.29, 1.82) is 0 Å². The highest BCUT2D eigenvalue weighted by atomic mass is 127. The Bertz CT molecular complexity index is 193. The van der Waals surface area contributed by atoms with Crippen molar-refractivity contribution in [1.82, 2.24) is 5.32 Å². The van der Waals surface area contributed by atoms with E-state index >= 15 is 0 Å². The van der Waals surface area contributed by atoms with Gasteiger partial charge in [-0.15, -0.1) is 0 Å². The maximum absolute atomic E-state index is 10.7. The van der Waals surface area contributed by atoms with Crippen molar-refractivity contribution in [3.05, 3.63) is 10.4 Å². The summed E-state index contributed by atoms with van der Waals surface area (Å²) in [4.78, 5) is 13.3. The summed E-state index contributed by atoms with van der Waals surface area (Å²) >= 11 is 1.98. The van der Waals surface area contributed by atoms with Gasteiger partial charge in [0, 0.05) is 18.0 Å². The van der Waals surface area contributed by atoms with Crippen LogP contribution in [0.15, 0.2) is 5.11 Å². The highest BCUT2D eigenvalue weighted by Crippen LogP contribution is 1.80. The Morgan fingerprint density at radius 3 is 3.00 bits per heavy atom. The van der Waals surface area contributed by atoms with E-state index in [2.05, 4.69) is 15.3 Å². The average Bonchev–Trinajstić information content (AvgIpc) is 2.16. The number of carbonyl (C=O) groups excluding carboxylic acids is 1. The topological polar surface area (TPSA) is 87.1 Å². The lowest BCUT2D eigenvalue weighted by Gasteiger charge is -2.02. The smallest absolute Gasteiger partial charge is 0.229 e. The molecule has 0 rings (SSSR count). The molecule has 1 N–H and O–H groups in total. The predicted molar refractivity (Wildman–Crippen MR) is 56.7 cm³/mol. The Morgan fingerprint density at radius 2 is 2.38 bits per heavy atom. The van der Waals surface area contributed by atoms with Gasteiger partial charge in [0.05, 0.1) is 17.6 Å². The molecule has 0 spiro atoms. The summed E-state index contributed by atoms with van der Waals surface area (Å²) < 4.78 is 5.50. The highest BCUT2D eigenvalue weighted by Gasteiger charge is 1.94. The fraction of sp³-hybridized carbons (Fsp3) is 0.833. The fourth-order valence-corrected chi connectivity index (χ4v) is 0.832. The molecule has 0 aromatic carbocycles. The molecule has 7 heteroatoms. The lowest BCUT2D eigenvalue weighted by atomic mass is 10.6. The zero-order valence-electron chi connectivity index (χ0n) is 7.07. The number of hydrogen-bond acceptors (Lipinski definition) is 3. The van der Waals surface area contributed by atoms with Gasteiger partial charge < -0.3 is 10.1 Å². The first-order chi connectivity index (χ1) is 6.31. The standard InChI is InChI=1S/C6H11IN4O2/c7-5-6(12)9-1-3-13-4-2-10-11-8/h1-5H2,(H,9,12). The van der Waals surface area contributed by atoms with E-state index < -0.39 is 0 Å². The second-order valence-corrected chi connectivity index (χ2v) is 2.81. The molecule has 0 aliphatic carbocycles. The SMILES string of the molecule is [N-]=[N+]=NCCOCCNC(=O)CI. The second kappa shape index (κ2) is 9.56. The van der Waals surface area contributed by atoms with Crippen molar-refractivity contribution in [3.63, 3.8) is 0 Å². The van der Waals surface area contributed by atoms with Crippen molar-refractivity contribution >= 4 is 28.5 Å². The Balaban J connectivity index is 3.08. The highest BCUT2D eigenvalue weighted by molar-refractivity contribution is 14.1. The van der Waals surface area contributed by atoms with Gasteiger partial charge in [0.25, 0.3) is 0 Å². The summed E-state index contributed by atoms with van der Waals surface area (Å²) in [6.07, 6.45) is 0. The fourth-order valence-electron chi connectivity index (χ4n) is 0.562. The van der Waals surface area contributed by atoms with Crippen LogP contribution in [0.25, 0.3) is 10.4 Å². The largest absolute Gasteiger partial charge is 0.379 e. The van der Waals surface area contributed by atoms with Crippen LogP contribution in [-0.2, 0) is 9.53 Å². The summed E-state index contributed by atoms with van der Waals surface area (Å²) in [5.41, 5.74) is 7.92. The summed E-state index contributed by atoms with van der Waals surface area (Å²) in [6, 6.07) is 0. The van der Waals surface area contributed by atoms with Gasteiger partial charge >= 0.3 is 0 Å². The van der Waals surface area contributed by atoms with Crippen LogP contribution in [0.3, 0.4) is 0 Å². The third-order valence-electron chi connectivity index (χ3n) is 1.09. The molecule has 0 atom stereocenters. The molecule has 0 radical (unpaired) electrons. The van der Waals surface area contributed by atoms with Gasteiger partial charge in [-0.2, -0.15) is 0 Å². The van der Waals surface area contributed by atoms with E-state index in [1.54, 1.807) is 0 Å². The van der Waals surface area contributed by atoms with Crippen molar-refractivity contribution in [3.8, 4) is 0 Å². The van der Waals surface area contributed by atoms with E-state index in [0.29, 0.717) is 30.7 Å². The normalized spacial score (nSPS) is 9.00. The van der Waals surface area contributed by atoms with Gasteiger partial charge in [-0.25, -0.2) is 0 Å². The van der Waals surface area contributed by atoms with Crippen LogP contribution in [0, 0.1) is 0 Å². The van der Waals surface area contributed by atoms with Gasteiger partial charge in [-0.3, -0.25) is 4.79 Å². The Labute approximate surface area is 89.8 Å². The summed E-state index contributed by atoms with van der Waals surface area (Å²) in [6.45, 7) is 1.67. The molecular weight excluding hydrogens is 287 g/mol. The van der Waals surface area contributed by atoms with Crippen LogP contribution >= 0.6 is 22.6 Å². The predicted octanol–water partition coefficient (Wildman–Crippen LogP) is 0.865. The molecule has 6 nitrogen and oxygen atoms in total. The quantitative estimate of drug-likeness (QED) is 0.189. The minimum Gasteiger partial charge on any atom is -0.379 e. The minimum absolute atomic E-state index is 0.000698. The summed E-state index contributed by atoms with van der Waals surface area (Å²) in [5, 5.41) is 5.94. The van der Waals surface area contributed by atoms with Crippen LogP contribution in [0.2, 0.25) is 0 Å². The van der Waals surface area contributed by atoms with Crippen LogP contribution in [0.1, 0.15) is 0 Å². The number of rotatable bonds is 7. The number of alkyl halides is 1. The lowest BCUT2D eigenvalue weighted by Crippen LogP contribution is -2.28. The maximum atomic E-state index is 10.7. The molecule has 0 fully saturated rings. The Hall–Kier alpha value is -0.530. The minimum atomic E-state index is -0.000698. The molecule has 0 aliphatic rings. The van der Waals surface area contributed by atoms with E-state index in [4.69, 9.17) is 10.3 Å². The maximum Gasteiger partial charge on any atom is 0.229 e. The lowest BCUT2D eigenvalue weighted by molar-refractivity contribution is -0.118. The van der Waals surface area contributed by atoms with Gasteiger partial charge in [0.2, 0.25) is 5.91 Å². The molecule has 0 aromatic rings. The molecule has 1 amide bonds. The van der Waals surface area contributed by atoms with Crippen LogP contribution < -0.4 is 5.32 Å². The van der Waals surface area contributed by atoms with Gasteiger partial charge in [-0.1, -0.05) is 27.7 Å². The first kappa shape index (κ1) is 12.5. The number of carbonyl (C=O) groups is 1. The van der Waals surface area contributed by atoms with Crippen LogP contribution in [-0.4, -0.2) is 36.6 Å². The first-order valence-electron chi connectivity index (χ1n) is 3.72. The van der Waals surface area contributed by atoms with Crippen molar-refractivity contribution in [2.24, 2.45) is 5.11 Å². The van der Waals surface area contributed by atoms with Crippen LogP contribution in [0.4, 0.5) is 0 Å². The molecule has 0 unspecified atom stereocenters. The molecule has 13 heavy (non-hydrogen) atoms. The number of azide groups is 1. The number of nitrogens with zero attached hydrogens (tertiary/aromatic N) is 3. The molecule has 0 aliphatic heterocycles. The van der Waals surface area contributed by atoms with E-state index in [9.17, 15) is 4.79 Å².